The van der Waals surface area contributed by atoms with Crippen LogP contribution in [0.25, 0.3) is 0 Å². The van der Waals surface area contributed by atoms with Crippen molar-refractivity contribution in [3.63, 3.8) is 0 Å². The third-order valence-electron chi connectivity index (χ3n) is 5.10. The van der Waals surface area contributed by atoms with Gasteiger partial charge in [0.15, 0.2) is 0 Å². The van der Waals surface area contributed by atoms with Crippen LogP contribution in [0.3, 0.4) is 0 Å². The molecule has 0 spiro atoms. The average molecular weight is 301 g/mol. The number of carbonyl (C=O) groups is 1. The molecule has 1 atom stereocenters. The Hall–Kier alpha value is -1.55. The maximum absolute atomic E-state index is 12.5. The summed E-state index contributed by atoms with van der Waals surface area (Å²) in [5.74, 6) is 0.172. The largest absolute Gasteiger partial charge is 0.378 e. The molecule has 0 aromatic heterocycles. The van der Waals surface area contributed by atoms with E-state index >= 15 is 0 Å². The van der Waals surface area contributed by atoms with Crippen molar-refractivity contribution in [2.45, 2.75) is 38.3 Å². The van der Waals surface area contributed by atoms with Crippen LogP contribution in [-0.4, -0.2) is 61.5 Å². The maximum atomic E-state index is 12.5. The summed E-state index contributed by atoms with van der Waals surface area (Å²) in [6.45, 7) is 5.30. The normalized spacial score (nSPS) is 23.2. The summed E-state index contributed by atoms with van der Waals surface area (Å²) in [6.07, 6.45) is 3.96. The standard InChI is InChI=1S/C18H27N3O/c1-14-6-4-5-11-21(14)17-12-20(13-17)18(22)15-7-9-16(10-8-15)19(2)3/h7-10,14,17H,4-6,11-13H2,1-3H3. The number of likely N-dealkylation sites (tertiary alicyclic amines) is 2. The summed E-state index contributed by atoms with van der Waals surface area (Å²) >= 11 is 0. The Bertz CT molecular complexity index is 520. The number of anilines is 1. The van der Waals surface area contributed by atoms with E-state index in [1.165, 1.54) is 25.8 Å². The third kappa shape index (κ3) is 2.98. The first kappa shape index (κ1) is 15.3. The van der Waals surface area contributed by atoms with E-state index < -0.39 is 0 Å². The first-order valence-corrected chi connectivity index (χ1v) is 8.38. The van der Waals surface area contributed by atoms with Crippen molar-refractivity contribution in [1.82, 2.24) is 9.80 Å². The SMILES string of the molecule is CC1CCCCN1C1CN(C(=O)c2ccc(N(C)C)cc2)C1. The predicted octanol–water partition coefficient (Wildman–Crippen LogP) is 2.45. The van der Waals surface area contributed by atoms with Gasteiger partial charge in [-0.15, -0.1) is 0 Å². The molecule has 1 unspecified atom stereocenters. The quantitative estimate of drug-likeness (QED) is 0.858. The summed E-state index contributed by atoms with van der Waals surface area (Å²) in [7, 11) is 4.02. The van der Waals surface area contributed by atoms with Crippen LogP contribution >= 0.6 is 0 Å². The number of nitrogens with zero attached hydrogens (tertiary/aromatic N) is 3. The van der Waals surface area contributed by atoms with Crippen LogP contribution in [0.2, 0.25) is 0 Å². The first-order valence-electron chi connectivity index (χ1n) is 8.38. The molecule has 0 radical (unpaired) electrons. The molecule has 2 heterocycles. The Morgan fingerprint density at radius 2 is 1.82 bits per heavy atom. The van der Waals surface area contributed by atoms with Gasteiger partial charge in [0.2, 0.25) is 0 Å². The van der Waals surface area contributed by atoms with Gasteiger partial charge in [-0.25, -0.2) is 0 Å². The predicted molar refractivity (Wildman–Crippen MR) is 90.5 cm³/mol. The van der Waals surface area contributed by atoms with Crippen LogP contribution in [-0.2, 0) is 0 Å². The lowest BCUT2D eigenvalue weighted by molar-refractivity contribution is 0.00213. The minimum Gasteiger partial charge on any atom is -0.378 e. The van der Waals surface area contributed by atoms with Crippen molar-refractivity contribution in [1.29, 1.82) is 0 Å². The minimum absolute atomic E-state index is 0.172. The molecule has 1 aromatic rings. The molecular weight excluding hydrogens is 274 g/mol. The Morgan fingerprint density at radius 1 is 1.14 bits per heavy atom. The summed E-state index contributed by atoms with van der Waals surface area (Å²) in [4.78, 5) is 19.1. The van der Waals surface area contributed by atoms with Crippen LogP contribution in [0, 0.1) is 0 Å². The van der Waals surface area contributed by atoms with Crippen molar-refractivity contribution < 1.29 is 4.79 Å². The Kier molecular flexibility index (Phi) is 4.39. The van der Waals surface area contributed by atoms with Crippen LogP contribution in [0.15, 0.2) is 24.3 Å². The fourth-order valence-corrected chi connectivity index (χ4v) is 3.58. The van der Waals surface area contributed by atoms with E-state index in [-0.39, 0.29) is 5.91 Å². The summed E-state index contributed by atoms with van der Waals surface area (Å²) in [6, 6.07) is 9.15. The second kappa shape index (κ2) is 6.29. The van der Waals surface area contributed by atoms with E-state index in [0.717, 1.165) is 24.3 Å². The zero-order chi connectivity index (χ0) is 15.7. The Morgan fingerprint density at radius 3 is 2.41 bits per heavy atom. The highest BCUT2D eigenvalue weighted by molar-refractivity contribution is 5.95. The lowest BCUT2D eigenvalue weighted by atomic mass is 9.97. The number of hydrogen-bond donors (Lipinski definition) is 0. The zero-order valence-electron chi connectivity index (χ0n) is 14.0. The van der Waals surface area contributed by atoms with Gasteiger partial charge in [-0.2, -0.15) is 0 Å². The highest BCUT2D eigenvalue weighted by atomic mass is 16.2. The summed E-state index contributed by atoms with van der Waals surface area (Å²) in [5.41, 5.74) is 1.93. The number of piperidine rings is 1. The fourth-order valence-electron chi connectivity index (χ4n) is 3.58. The van der Waals surface area contributed by atoms with Gasteiger partial charge in [-0.1, -0.05) is 6.42 Å². The van der Waals surface area contributed by atoms with Gasteiger partial charge in [0.25, 0.3) is 5.91 Å². The van der Waals surface area contributed by atoms with Crippen molar-refractivity contribution in [3.05, 3.63) is 29.8 Å². The molecule has 2 aliphatic heterocycles. The zero-order valence-corrected chi connectivity index (χ0v) is 14.0. The van der Waals surface area contributed by atoms with Gasteiger partial charge in [0.05, 0.1) is 0 Å². The van der Waals surface area contributed by atoms with Crippen molar-refractivity contribution >= 4 is 11.6 Å². The maximum Gasteiger partial charge on any atom is 0.253 e. The molecule has 1 aromatic carbocycles. The summed E-state index contributed by atoms with van der Waals surface area (Å²) < 4.78 is 0. The van der Waals surface area contributed by atoms with Crippen LogP contribution in [0.5, 0.6) is 0 Å². The van der Waals surface area contributed by atoms with Gasteiger partial charge >= 0.3 is 0 Å². The van der Waals surface area contributed by atoms with E-state index in [1.807, 2.05) is 48.2 Å². The van der Waals surface area contributed by atoms with E-state index in [2.05, 4.69) is 11.8 Å². The molecule has 0 bridgehead atoms. The molecule has 22 heavy (non-hydrogen) atoms. The molecule has 2 fully saturated rings. The molecule has 120 valence electrons. The van der Waals surface area contributed by atoms with Crippen molar-refractivity contribution in [2.75, 3.05) is 38.6 Å². The van der Waals surface area contributed by atoms with E-state index in [4.69, 9.17) is 0 Å². The highest BCUT2D eigenvalue weighted by Crippen LogP contribution is 2.25. The van der Waals surface area contributed by atoms with Gasteiger partial charge in [-0.05, 0) is 50.6 Å². The topological polar surface area (TPSA) is 26.8 Å². The molecule has 1 amide bonds. The monoisotopic (exact) mass is 301 g/mol. The molecule has 0 saturated carbocycles. The Balaban J connectivity index is 1.56. The lowest BCUT2D eigenvalue weighted by Crippen LogP contribution is -2.63. The molecule has 0 aliphatic carbocycles. The number of carbonyl (C=O) groups excluding carboxylic acids is 1. The summed E-state index contributed by atoms with van der Waals surface area (Å²) in [5, 5.41) is 0. The smallest absolute Gasteiger partial charge is 0.253 e. The van der Waals surface area contributed by atoms with E-state index in [1.54, 1.807) is 0 Å². The molecule has 4 nitrogen and oxygen atoms in total. The Labute approximate surface area is 133 Å². The number of benzene rings is 1. The molecular formula is C18H27N3O. The van der Waals surface area contributed by atoms with Gasteiger partial charge < -0.3 is 9.80 Å². The van der Waals surface area contributed by atoms with Crippen molar-refractivity contribution in [3.8, 4) is 0 Å². The molecule has 4 heteroatoms. The molecule has 2 saturated heterocycles. The van der Waals surface area contributed by atoms with Crippen LogP contribution in [0.1, 0.15) is 36.5 Å². The molecule has 2 aliphatic rings. The first-order chi connectivity index (χ1) is 10.6. The second-order valence-corrected chi connectivity index (χ2v) is 6.89. The number of rotatable bonds is 3. The lowest BCUT2D eigenvalue weighted by Gasteiger charge is -2.49. The van der Waals surface area contributed by atoms with Gasteiger partial charge in [-0.3, -0.25) is 9.69 Å². The third-order valence-corrected chi connectivity index (χ3v) is 5.10. The average Bonchev–Trinajstić information content (AvgIpc) is 2.47. The number of amides is 1. The number of hydrogen-bond acceptors (Lipinski definition) is 3. The van der Waals surface area contributed by atoms with E-state index in [9.17, 15) is 4.79 Å². The van der Waals surface area contributed by atoms with Gasteiger partial charge in [0, 0.05) is 50.5 Å². The van der Waals surface area contributed by atoms with Crippen LogP contribution < -0.4 is 4.90 Å². The van der Waals surface area contributed by atoms with E-state index in [0.29, 0.717) is 12.1 Å². The molecule has 0 N–H and O–H groups in total. The van der Waals surface area contributed by atoms with Crippen LogP contribution in [0.4, 0.5) is 5.69 Å². The fraction of sp³-hybridized carbons (Fsp3) is 0.611. The highest BCUT2D eigenvalue weighted by Gasteiger charge is 2.37. The van der Waals surface area contributed by atoms with Gasteiger partial charge in [0.1, 0.15) is 0 Å². The minimum atomic E-state index is 0.172. The second-order valence-electron chi connectivity index (χ2n) is 6.89. The molecule has 3 rings (SSSR count). The van der Waals surface area contributed by atoms with Crippen molar-refractivity contribution in [2.24, 2.45) is 0 Å².